The van der Waals surface area contributed by atoms with Gasteiger partial charge in [-0.3, -0.25) is 19.3 Å². The molecule has 3 atom stereocenters. The zero-order valence-electron chi connectivity index (χ0n) is 21.9. The summed E-state index contributed by atoms with van der Waals surface area (Å²) in [4.78, 5) is 39.9. The van der Waals surface area contributed by atoms with Gasteiger partial charge in [0.05, 0.1) is 5.54 Å². The molecule has 0 aliphatic carbocycles. The van der Waals surface area contributed by atoms with Crippen molar-refractivity contribution in [1.82, 2.24) is 15.5 Å². The van der Waals surface area contributed by atoms with Crippen LogP contribution in [0.5, 0.6) is 0 Å². The molecule has 5 rings (SSSR count). The number of carbonyl (C=O) groups excluding carboxylic acids is 2. The van der Waals surface area contributed by atoms with Gasteiger partial charge in [0.1, 0.15) is 18.6 Å². The van der Waals surface area contributed by atoms with Crippen LogP contribution in [0.3, 0.4) is 0 Å². The lowest BCUT2D eigenvalue weighted by Crippen LogP contribution is -2.51. The minimum atomic E-state index is -1.15. The average Bonchev–Trinajstić information content (AvgIpc) is 3.80. The Bertz CT molecular complexity index is 1350. The smallest absolute Gasteiger partial charge is 0.322 e. The van der Waals surface area contributed by atoms with Gasteiger partial charge in [-0.15, -0.1) is 0 Å². The normalized spacial score (nSPS) is 16.9. The maximum atomic E-state index is 13.8. The molecule has 7 nitrogen and oxygen atoms in total. The number of hydrogen-bond donors (Lipinski definition) is 3. The topological polar surface area (TPSA) is 98.5 Å². The van der Waals surface area contributed by atoms with E-state index in [1.54, 1.807) is 0 Å². The van der Waals surface area contributed by atoms with E-state index < -0.39 is 36.0 Å². The van der Waals surface area contributed by atoms with E-state index in [2.05, 4.69) is 51.9 Å². The highest BCUT2D eigenvalue weighted by molar-refractivity contribution is 5.92. The minimum Gasteiger partial charge on any atom is -0.480 e. The second-order valence-electron chi connectivity index (χ2n) is 9.84. The number of rotatable bonds is 11. The van der Waals surface area contributed by atoms with Crippen molar-refractivity contribution in [1.29, 1.82) is 0 Å². The van der Waals surface area contributed by atoms with Gasteiger partial charge in [0.25, 0.3) is 0 Å². The molecule has 0 aromatic heterocycles. The number of hydrogen-bond acceptors (Lipinski definition) is 4. The van der Waals surface area contributed by atoms with Crippen molar-refractivity contribution in [2.75, 3.05) is 13.1 Å². The van der Waals surface area contributed by atoms with E-state index in [-0.39, 0.29) is 12.3 Å². The van der Waals surface area contributed by atoms with E-state index in [0.29, 0.717) is 6.54 Å². The Morgan fingerprint density at radius 3 is 1.65 bits per heavy atom. The van der Waals surface area contributed by atoms with Crippen LogP contribution in [0.1, 0.15) is 22.3 Å². The van der Waals surface area contributed by atoms with Crippen LogP contribution < -0.4 is 10.6 Å². The van der Waals surface area contributed by atoms with E-state index in [4.69, 9.17) is 5.11 Å². The van der Waals surface area contributed by atoms with Crippen LogP contribution in [0, 0.1) is 0 Å². The molecule has 1 unspecified atom stereocenters. The largest absolute Gasteiger partial charge is 0.480 e. The monoisotopic (exact) mass is 533 g/mol. The molecule has 3 N–H and O–H groups in total. The molecule has 2 amide bonds. The zero-order valence-corrected chi connectivity index (χ0v) is 21.9. The van der Waals surface area contributed by atoms with Crippen molar-refractivity contribution in [3.63, 3.8) is 0 Å². The molecule has 1 saturated heterocycles. The van der Waals surface area contributed by atoms with Crippen LogP contribution in [0.4, 0.5) is 0 Å². The highest BCUT2D eigenvalue weighted by Gasteiger charge is 2.56. The summed E-state index contributed by atoms with van der Waals surface area (Å²) in [6.45, 7) is -0.0337. The van der Waals surface area contributed by atoms with Crippen molar-refractivity contribution < 1.29 is 19.5 Å². The summed E-state index contributed by atoms with van der Waals surface area (Å²) in [5, 5.41) is 14.4. The number of nitrogens with zero attached hydrogens (tertiary/aromatic N) is 1. The van der Waals surface area contributed by atoms with Crippen LogP contribution in [0.25, 0.3) is 0 Å². The maximum absolute atomic E-state index is 13.8. The fraction of sp³-hybridized carbons (Fsp3) is 0.182. The maximum Gasteiger partial charge on any atom is 0.322 e. The summed E-state index contributed by atoms with van der Waals surface area (Å²) in [5.74, 6) is -1.96. The van der Waals surface area contributed by atoms with Gasteiger partial charge in [-0.05, 0) is 22.3 Å². The van der Waals surface area contributed by atoms with Crippen molar-refractivity contribution in [2.24, 2.45) is 0 Å². The molecule has 0 saturated carbocycles. The Hall–Kier alpha value is -4.75. The fourth-order valence-corrected chi connectivity index (χ4v) is 5.38. The highest BCUT2D eigenvalue weighted by atomic mass is 16.4. The standard InChI is InChI=1S/C33H31N3O4/c37-30(38)22-34-31(39)28(21-24-13-5-1-6-14-24)35-32(40)29-23-36(29)33(25-15-7-2-8-16-25,26-17-9-3-10-18-26)27-19-11-4-12-20-27/h1-20,28-29H,21-23H2,(H,34,39)(H,35,40)(H,37,38)/t28-,29-,36?/m0/s1. The number of carbonyl (C=O) groups is 3. The number of nitrogens with one attached hydrogen (secondary N) is 2. The highest BCUT2D eigenvalue weighted by Crippen LogP contribution is 2.48. The third kappa shape index (κ3) is 5.65. The predicted octanol–water partition coefficient (Wildman–Crippen LogP) is 3.59. The molecule has 4 aromatic rings. The first-order valence-corrected chi connectivity index (χ1v) is 13.3. The van der Waals surface area contributed by atoms with Crippen molar-refractivity contribution in [2.45, 2.75) is 24.0 Å². The number of carboxylic acid groups (broad SMARTS) is 1. The molecular weight excluding hydrogens is 502 g/mol. The first-order chi connectivity index (χ1) is 19.5. The van der Waals surface area contributed by atoms with Gasteiger partial charge in [-0.1, -0.05) is 121 Å². The third-order valence-corrected chi connectivity index (χ3v) is 7.25. The second-order valence-corrected chi connectivity index (χ2v) is 9.84. The Kier molecular flexibility index (Phi) is 8.03. The van der Waals surface area contributed by atoms with Gasteiger partial charge in [0.2, 0.25) is 11.8 Å². The molecule has 1 aliphatic rings. The SMILES string of the molecule is O=C(O)CNC(=O)[C@H](Cc1ccccc1)NC(=O)[C@@H]1CN1C(c1ccccc1)(c1ccccc1)c1ccccc1. The molecule has 1 fully saturated rings. The van der Waals surface area contributed by atoms with Crippen LogP contribution in [0.2, 0.25) is 0 Å². The summed E-state index contributed by atoms with van der Waals surface area (Å²) >= 11 is 0. The minimum absolute atomic E-state index is 0.242. The summed E-state index contributed by atoms with van der Waals surface area (Å²) < 4.78 is 0. The molecule has 0 spiro atoms. The summed E-state index contributed by atoms with van der Waals surface area (Å²) in [7, 11) is 0. The van der Waals surface area contributed by atoms with Crippen molar-refractivity contribution >= 4 is 17.8 Å². The molecule has 1 heterocycles. The summed E-state index contributed by atoms with van der Waals surface area (Å²) in [6, 6.07) is 38.3. The van der Waals surface area contributed by atoms with Crippen LogP contribution in [0.15, 0.2) is 121 Å². The Morgan fingerprint density at radius 2 is 1.20 bits per heavy atom. The molecule has 202 valence electrons. The van der Waals surface area contributed by atoms with E-state index in [0.717, 1.165) is 22.3 Å². The Labute approximate surface area is 233 Å². The summed E-state index contributed by atoms with van der Waals surface area (Å²) in [5.41, 5.74) is 3.22. The molecule has 7 heteroatoms. The first kappa shape index (κ1) is 26.8. The van der Waals surface area contributed by atoms with Crippen molar-refractivity contribution in [3.8, 4) is 0 Å². The second kappa shape index (κ2) is 12.0. The average molecular weight is 534 g/mol. The lowest BCUT2D eigenvalue weighted by atomic mass is 9.76. The molecule has 4 aromatic carbocycles. The van der Waals surface area contributed by atoms with E-state index in [1.807, 2.05) is 84.9 Å². The van der Waals surface area contributed by atoms with Crippen LogP contribution in [-0.2, 0) is 26.3 Å². The van der Waals surface area contributed by atoms with Gasteiger partial charge in [0.15, 0.2) is 0 Å². The van der Waals surface area contributed by atoms with Gasteiger partial charge >= 0.3 is 5.97 Å². The molecule has 1 aliphatic heterocycles. The molecule has 0 bridgehead atoms. The number of carboxylic acids is 1. The van der Waals surface area contributed by atoms with E-state index in [1.165, 1.54) is 0 Å². The molecule has 0 radical (unpaired) electrons. The quantitative estimate of drug-likeness (QED) is 0.202. The van der Waals surface area contributed by atoms with Gasteiger partial charge in [0, 0.05) is 13.0 Å². The van der Waals surface area contributed by atoms with Crippen molar-refractivity contribution in [3.05, 3.63) is 144 Å². The van der Waals surface area contributed by atoms with Gasteiger partial charge < -0.3 is 15.7 Å². The van der Waals surface area contributed by atoms with Gasteiger partial charge in [-0.25, -0.2) is 0 Å². The summed E-state index contributed by atoms with van der Waals surface area (Å²) in [6.07, 6.45) is 0.242. The third-order valence-electron chi connectivity index (χ3n) is 7.25. The molecular formula is C33H31N3O4. The number of aliphatic carboxylic acids is 1. The number of amides is 2. The lowest BCUT2D eigenvalue weighted by molar-refractivity contribution is -0.138. The fourth-order valence-electron chi connectivity index (χ4n) is 5.38. The zero-order chi connectivity index (χ0) is 28.0. The Balaban J connectivity index is 1.47. The van der Waals surface area contributed by atoms with E-state index in [9.17, 15) is 14.4 Å². The first-order valence-electron chi connectivity index (χ1n) is 13.3. The lowest BCUT2D eigenvalue weighted by Gasteiger charge is -2.38. The van der Waals surface area contributed by atoms with E-state index >= 15 is 0 Å². The van der Waals surface area contributed by atoms with Crippen LogP contribution >= 0.6 is 0 Å². The Morgan fingerprint density at radius 1 is 0.750 bits per heavy atom. The predicted molar refractivity (Wildman–Crippen MR) is 152 cm³/mol. The number of benzene rings is 4. The van der Waals surface area contributed by atoms with Gasteiger partial charge in [-0.2, -0.15) is 0 Å². The van der Waals surface area contributed by atoms with Crippen LogP contribution in [-0.4, -0.2) is 53.0 Å². The molecule has 40 heavy (non-hydrogen) atoms.